The third kappa shape index (κ3) is 6.22. The van der Waals surface area contributed by atoms with Crippen molar-refractivity contribution in [3.8, 4) is 44.8 Å². The third-order valence-electron chi connectivity index (χ3n) is 11.5. The van der Waals surface area contributed by atoms with E-state index in [1.807, 2.05) is 144 Å². The van der Waals surface area contributed by atoms with Crippen molar-refractivity contribution in [2.45, 2.75) is 26.2 Å². The normalized spacial score (nSPS) is 12.3. The zero-order chi connectivity index (χ0) is 41.5. The first-order valence-corrected chi connectivity index (χ1v) is 19.5. The van der Waals surface area contributed by atoms with Gasteiger partial charge in [0, 0.05) is 32.9 Å². The highest BCUT2D eigenvalue weighted by Crippen LogP contribution is 2.46. The van der Waals surface area contributed by atoms with Crippen molar-refractivity contribution in [2.24, 2.45) is 0 Å². The number of aromatic nitrogens is 2. The monoisotopic (exact) mass is 800 g/mol. The van der Waals surface area contributed by atoms with Gasteiger partial charge in [-0.15, -0.1) is 0 Å². The van der Waals surface area contributed by atoms with Gasteiger partial charge in [0.1, 0.15) is 0 Å². The Bertz CT molecular complexity index is 3100. The molecule has 294 valence electrons. The Labute approximate surface area is 341 Å². The molecule has 0 atom stereocenters. The highest BCUT2D eigenvalue weighted by Gasteiger charge is 2.39. The van der Waals surface area contributed by atoms with E-state index in [-0.39, 0.29) is 0 Å². The molecule has 0 amide bonds. The molecule has 0 bridgehead atoms. The smallest absolute Gasteiger partial charge is 0.309 e. The molecular weight excluding hydrogens is 767 g/mol. The molecule has 0 saturated carbocycles. The van der Waals surface area contributed by atoms with Gasteiger partial charge < -0.3 is 9.13 Å². The van der Waals surface area contributed by atoms with Crippen molar-refractivity contribution >= 4 is 43.6 Å². The van der Waals surface area contributed by atoms with E-state index in [9.17, 15) is 0 Å². The Morgan fingerprint density at radius 1 is 0.333 bits per heavy atom. The highest BCUT2D eigenvalue weighted by atomic mass is 19.4. The average molecular weight is 801 g/mol. The maximum absolute atomic E-state index is 15.1. The molecule has 2 nitrogen and oxygen atoms in total. The van der Waals surface area contributed by atoms with Crippen molar-refractivity contribution < 1.29 is 26.3 Å². The Morgan fingerprint density at radius 2 is 0.717 bits per heavy atom. The van der Waals surface area contributed by atoms with Crippen LogP contribution in [0.2, 0.25) is 0 Å². The van der Waals surface area contributed by atoms with Gasteiger partial charge in [-0.3, -0.25) is 0 Å². The lowest BCUT2D eigenvalue weighted by atomic mass is 9.93. The lowest BCUT2D eigenvalue weighted by Gasteiger charge is -2.21. The molecule has 10 aromatic rings. The minimum atomic E-state index is -4.97. The molecule has 0 spiro atoms. The fraction of sp³-hybridized carbons (Fsp3) is 0.0769. The molecule has 60 heavy (non-hydrogen) atoms. The van der Waals surface area contributed by atoms with Crippen molar-refractivity contribution in [3.05, 3.63) is 192 Å². The highest BCUT2D eigenvalue weighted by molar-refractivity contribution is 6.11. The average Bonchev–Trinajstić information content (AvgIpc) is 3.75. The van der Waals surface area contributed by atoms with Crippen LogP contribution in [-0.4, -0.2) is 9.13 Å². The van der Waals surface area contributed by atoms with Crippen LogP contribution < -0.4 is 0 Å². The number of aryl methyl sites for hydroxylation is 2. The number of nitrogens with zero attached hydrogens (tertiary/aromatic N) is 2. The van der Waals surface area contributed by atoms with E-state index < -0.39 is 34.6 Å². The quantitative estimate of drug-likeness (QED) is 0.153. The van der Waals surface area contributed by atoms with Crippen LogP contribution in [0, 0.1) is 13.8 Å². The maximum Gasteiger partial charge on any atom is 0.417 e. The summed E-state index contributed by atoms with van der Waals surface area (Å²) in [6, 6.07) is 50.0. The summed E-state index contributed by atoms with van der Waals surface area (Å²) in [5, 5.41) is 3.44. The van der Waals surface area contributed by atoms with Crippen LogP contribution in [0.1, 0.15) is 22.3 Å². The molecule has 0 fully saturated rings. The Kier molecular flexibility index (Phi) is 8.54. The van der Waals surface area contributed by atoms with Crippen LogP contribution in [0.3, 0.4) is 0 Å². The first-order chi connectivity index (χ1) is 28.8. The summed E-state index contributed by atoms with van der Waals surface area (Å²) in [6.07, 6.45) is -9.94. The topological polar surface area (TPSA) is 9.86 Å². The second-order valence-corrected chi connectivity index (χ2v) is 15.4. The van der Waals surface area contributed by atoms with Crippen molar-refractivity contribution in [1.29, 1.82) is 0 Å². The first-order valence-electron chi connectivity index (χ1n) is 19.5. The standard InChI is InChI=1S/C52H34F6N2/c1-31-9-7-11-33(25-31)35-17-21-41-39-13-3-5-15-47(39)59(49(41)27-35)37-19-23-45(51(53,54)55)43(29-37)44-30-38(20-24-46(44)52(56,57)58)60-48-16-6-4-14-40(48)42-22-18-36(28-50(42)60)34-12-8-10-32(2)26-34/h3-30H,1-2H3. The summed E-state index contributed by atoms with van der Waals surface area (Å²) in [6.45, 7) is 3.99. The van der Waals surface area contributed by atoms with E-state index >= 15 is 26.3 Å². The van der Waals surface area contributed by atoms with E-state index in [2.05, 4.69) is 12.1 Å². The number of hydrogen-bond donors (Lipinski definition) is 0. The molecule has 0 aliphatic carbocycles. The van der Waals surface area contributed by atoms with Crippen LogP contribution in [0.4, 0.5) is 26.3 Å². The minimum absolute atomic E-state index is 0.295. The van der Waals surface area contributed by atoms with Crippen LogP contribution in [0.25, 0.3) is 88.4 Å². The first kappa shape index (κ1) is 37.2. The second-order valence-electron chi connectivity index (χ2n) is 15.4. The van der Waals surface area contributed by atoms with Gasteiger partial charge in [-0.2, -0.15) is 26.3 Å². The maximum atomic E-state index is 15.1. The van der Waals surface area contributed by atoms with Gasteiger partial charge in [-0.05, 0) is 108 Å². The van der Waals surface area contributed by atoms with E-state index in [0.717, 1.165) is 67.1 Å². The summed E-state index contributed by atoms with van der Waals surface area (Å²) in [7, 11) is 0. The number of alkyl halides is 6. The summed E-state index contributed by atoms with van der Waals surface area (Å²) in [5.41, 5.74) is 5.79. The summed E-state index contributed by atoms with van der Waals surface area (Å²) < 4.78 is 94.6. The molecule has 0 saturated heterocycles. The zero-order valence-corrected chi connectivity index (χ0v) is 32.3. The van der Waals surface area contributed by atoms with E-state index in [1.165, 1.54) is 24.3 Å². The van der Waals surface area contributed by atoms with Gasteiger partial charge in [0.2, 0.25) is 0 Å². The molecule has 0 radical (unpaired) electrons. The van der Waals surface area contributed by atoms with Crippen LogP contribution in [0.15, 0.2) is 170 Å². The molecule has 8 aromatic carbocycles. The lowest BCUT2D eigenvalue weighted by molar-refractivity contribution is -0.139. The molecule has 8 heteroatoms. The molecule has 0 aliphatic heterocycles. The molecule has 0 unspecified atom stereocenters. The number of fused-ring (bicyclic) bond motifs is 6. The van der Waals surface area contributed by atoms with Gasteiger partial charge in [0.05, 0.1) is 33.2 Å². The molecule has 0 N–H and O–H groups in total. The van der Waals surface area contributed by atoms with E-state index in [4.69, 9.17) is 0 Å². The van der Waals surface area contributed by atoms with E-state index in [0.29, 0.717) is 33.4 Å². The summed E-state index contributed by atoms with van der Waals surface area (Å²) >= 11 is 0. The fourth-order valence-electron chi connectivity index (χ4n) is 8.79. The Hall–Kier alpha value is -7.06. The van der Waals surface area contributed by atoms with Crippen LogP contribution in [-0.2, 0) is 12.4 Å². The molecule has 2 aromatic heterocycles. The number of para-hydroxylation sites is 2. The molecule has 0 aliphatic rings. The van der Waals surface area contributed by atoms with Crippen molar-refractivity contribution in [1.82, 2.24) is 9.13 Å². The van der Waals surface area contributed by atoms with Gasteiger partial charge >= 0.3 is 12.4 Å². The van der Waals surface area contributed by atoms with Gasteiger partial charge in [0.15, 0.2) is 0 Å². The molecular formula is C52H34F6N2. The van der Waals surface area contributed by atoms with Gasteiger partial charge in [-0.1, -0.05) is 120 Å². The predicted molar refractivity (Wildman–Crippen MR) is 231 cm³/mol. The molecule has 10 rings (SSSR count). The predicted octanol–water partition coefficient (Wildman–Crippen LogP) is 15.5. The minimum Gasteiger partial charge on any atom is -0.309 e. The zero-order valence-electron chi connectivity index (χ0n) is 32.3. The van der Waals surface area contributed by atoms with Crippen molar-refractivity contribution in [3.63, 3.8) is 0 Å². The third-order valence-corrected chi connectivity index (χ3v) is 11.5. The number of hydrogen-bond acceptors (Lipinski definition) is 0. The second kappa shape index (κ2) is 13.8. The SMILES string of the molecule is Cc1cccc(-c2ccc3c4ccccc4n(-c4ccc(C(F)(F)F)c(-c5cc(-n6c7ccccc7c7ccc(-c8cccc(C)c8)cc76)ccc5C(F)(F)F)c4)c3c2)c1. The Balaban J connectivity index is 1.24. The largest absolute Gasteiger partial charge is 0.417 e. The summed E-state index contributed by atoms with van der Waals surface area (Å²) in [5.74, 6) is 0. The number of halogens is 6. The summed E-state index contributed by atoms with van der Waals surface area (Å²) in [4.78, 5) is 0. The Morgan fingerprint density at radius 3 is 1.12 bits per heavy atom. The molecule has 2 heterocycles. The lowest BCUT2D eigenvalue weighted by Crippen LogP contribution is -2.12. The van der Waals surface area contributed by atoms with Crippen molar-refractivity contribution in [2.75, 3.05) is 0 Å². The fourth-order valence-corrected chi connectivity index (χ4v) is 8.79. The van der Waals surface area contributed by atoms with E-state index in [1.54, 1.807) is 0 Å². The van der Waals surface area contributed by atoms with Gasteiger partial charge in [-0.25, -0.2) is 0 Å². The number of benzene rings is 8. The number of rotatable bonds is 5. The van der Waals surface area contributed by atoms with Crippen LogP contribution >= 0.6 is 0 Å². The van der Waals surface area contributed by atoms with Gasteiger partial charge in [0.25, 0.3) is 0 Å². The van der Waals surface area contributed by atoms with Crippen LogP contribution in [0.5, 0.6) is 0 Å².